The summed E-state index contributed by atoms with van der Waals surface area (Å²) in [5, 5.41) is 11.2. The lowest BCUT2D eigenvalue weighted by Gasteiger charge is -2.22. The van der Waals surface area contributed by atoms with Gasteiger partial charge in [0.25, 0.3) is 0 Å². The van der Waals surface area contributed by atoms with Crippen LogP contribution in [0.5, 0.6) is 5.75 Å². The Bertz CT molecular complexity index is 2790. The molecule has 8 rings (SSSR count). The zero-order valence-corrected chi connectivity index (χ0v) is 31.2. The molecule has 0 fully saturated rings. The second kappa shape index (κ2) is 13.9. The highest BCUT2D eigenvalue weighted by Gasteiger charge is 2.23. The zero-order valence-electron chi connectivity index (χ0n) is 35.2. The Hall–Kier alpha value is -6.26. The van der Waals surface area contributed by atoms with E-state index >= 15 is 0 Å². The molecule has 0 radical (unpaired) electrons. The van der Waals surface area contributed by atoms with Gasteiger partial charge >= 0.3 is 0 Å². The molecule has 0 atom stereocenters. The van der Waals surface area contributed by atoms with Gasteiger partial charge in [0.2, 0.25) is 0 Å². The Labute approximate surface area is 324 Å². The van der Waals surface area contributed by atoms with Gasteiger partial charge in [-0.3, -0.25) is 9.55 Å². The van der Waals surface area contributed by atoms with Gasteiger partial charge in [-0.05, 0) is 117 Å². The lowest BCUT2D eigenvalue weighted by molar-refractivity contribution is 0.477. The van der Waals surface area contributed by atoms with Crippen molar-refractivity contribution in [1.82, 2.24) is 14.5 Å². The van der Waals surface area contributed by atoms with Crippen molar-refractivity contribution in [2.75, 3.05) is 0 Å². The molecule has 2 heterocycles. The first-order valence-corrected chi connectivity index (χ1v) is 18.3. The maximum absolute atomic E-state index is 11.2. The predicted molar refractivity (Wildman–Crippen MR) is 225 cm³/mol. The van der Waals surface area contributed by atoms with Crippen molar-refractivity contribution < 1.29 is 10.6 Å². The van der Waals surface area contributed by atoms with Crippen LogP contribution >= 0.6 is 0 Å². The molecule has 0 unspecified atom stereocenters. The first kappa shape index (κ1) is 30.2. The first-order valence-electron chi connectivity index (χ1n) is 20.3. The number of benzene rings is 6. The van der Waals surface area contributed by atoms with Crippen LogP contribution in [0.2, 0.25) is 0 Å². The SMILES string of the molecule is [2H]C([2H])([2H])c1cc(-c2ccccc2)ccc1-n1c(-c2ccccc2O)nc2c(-c3cc(-c4cc(-c5ccc(C([2H])(C)C)cc5)ccn4)cc(C(C)(C)C)c3)cccc21. The minimum atomic E-state index is -2.46. The maximum atomic E-state index is 11.2. The van der Waals surface area contributed by atoms with Gasteiger partial charge in [0.05, 0.1) is 28.0 Å². The van der Waals surface area contributed by atoms with Gasteiger partial charge < -0.3 is 5.11 Å². The van der Waals surface area contributed by atoms with Crippen LogP contribution in [0.4, 0.5) is 0 Å². The topological polar surface area (TPSA) is 50.9 Å². The van der Waals surface area contributed by atoms with Gasteiger partial charge in [-0.2, -0.15) is 0 Å². The molecule has 0 bridgehead atoms. The van der Waals surface area contributed by atoms with Crippen molar-refractivity contribution in [1.29, 1.82) is 0 Å². The third kappa shape index (κ3) is 6.60. The normalized spacial score (nSPS) is 13.3. The van der Waals surface area contributed by atoms with E-state index in [4.69, 9.17) is 15.5 Å². The van der Waals surface area contributed by atoms with Crippen LogP contribution in [0, 0.1) is 6.85 Å². The number of phenolic OH excluding ortho intramolecular Hbond substituents is 1. The fourth-order valence-electron chi connectivity index (χ4n) is 7.09. The number of para-hydroxylation sites is 2. The number of rotatable bonds is 7. The lowest BCUT2D eigenvalue weighted by Crippen LogP contribution is -2.11. The summed E-state index contributed by atoms with van der Waals surface area (Å²) in [6.45, 7) is 7.90. The molecule has 0 aliphatic carbocycles. The number of phenols is 1. The molecular weight excluding hydrogens is 659 g/mol. The monoisotopic (exact) mass is 707 g/mol. The van der Waals surface area contributed by atoms with E-state index in [2.05, 4.69) is 57.2 Å². The largest absolute Gasteiger partial charge is 0.507 e. The fourth-order valence-corrected chi connectivity index (χ4v) is 7.09. The second-order valence-corrected chi connectivity index (χ2v) is 15.1. The fraction of sp³-hybridized carbons (Fsp3) is 0.160. The molecule has 0 saturated carbocycles. The van der Waals surface area contributed by atoms with E-state index in [0.29, 0.717) is 28.1 Å². The Kier molecular flexibility index (Phi) is 7.81. The number of hydrogen-bond donors (Lipinski definition) is 1. The maximum Gasteiger partial charge on any atom is 0.149 e. The minimum absolute atomic E-state index is 0.0398. The Morgan fingerprint density at radius 1 is 0.648 bits per heavy atom. The molecule has 1 N–H and O–H groups in total. The molecule has 0 aliphatic heterocycles. The average Bonchev–Trinajstić information content (AvgIpc) is 3.59. The van der Waals surface area contributed by atoms with Crippen molar-refractivity contribution in [2.45, 2.75) is 52.8 Å². The number of aromatic nitrogens is 3. The van der Waals surface area contributed by atoms with Crippen LogP contribution in [0.3, 0.4) is 0 Å². The van der Waals surface area contributed by atoms with Crippen LogP contribution in [0.15, 0.2) is 152 Å². The third-order valence-electron chi connectivity index (χ3n) is 10.1. The van der Waals surface area contributed by atoms with Gasteiger partial charge in [0.15, 0.2) is 0 Å². The van der Waals surface area contributed by atoms with E-state index < -0.39 is 12.7 Å². The summed E-state index contributed by atoms with van der Waals surface area (Å²) < 4.78 is 36.4. The predicted octanol–water partition coefficient (Wildman–Crippen LogP) is 13.2. The number of nitrogens with zero attached hydrogens (tertiary/aromatic N) is 3. The van der Waals surface area contributed by atoms with Crippen molar-refractivity contribution in [2.24, 2.45) is 0 Å². The number of aryl methyl sites for hydroxylation is 1. The van der Waals surface area contributed by atoms with Crippen LogP contribution in [-0.4, -0.2) is 19.6 Å². The standard InChI is InChI=1S/C50H45N3O/c1-32(2)34-19-21-36(22-20-34)38-25-26-51-44(31-38)40-28-39(29-41(30-40)50(4,5)6)42-16-12-17-46-48(42)52-49(43-15-10-11-18-47(43)54)53(46)45-24-23-37(27-33(45)3)35-13-8-7-9-14-35/h7-32,54H,1-6H3/i3D3,32D. The van der Waals surface area contributed by atoms with Crippen LogP contribution in [-0.2, 0) is 5.41 Å². The molecule has 266 valence electrons. The molecule has 8 aromatic rings. The third-order valence-corrected chi connectivity index (χ3v) is 10.1. The van der Waals surface area contributed by atoms with E-state index in [9.17, 15) is 5.11 Å². The van der Waals surface area contributed by atoms with Gasteiger partial charge in [-0.15, -0.1) is 0 Å². The molecular formula is C50H45N3O. The van der Waals surface area contributed by atoms with Crippen LogP contribution in [0.1, 0.15) is 62.7 Å². The molecule has 54 heavy (non-hydrogen) atoms. The van der Waals surface area contributed by atoms with Crippen molar-refractivity contribution >= 4 is 11.0 Å². The minimum Gasteiger partial charge on any atom is -0.507 e. The quantitative estimate of drug-likeness (QED) is 0.179. The molecule has 0 aliphatic rings. The number of pyridine rings is 1. The smallest absolute Gasteiger partial charge is 0.149 e. The summed E-state index contributed by atoms with van der Waals surface area (Å²) in [6, 6.07) is 47.1. The zero-order chi connectivity index (χ0) is 41.0. The van der Waals surface area contributed by atoms with Gasteiger partial charge in [0.1, 0.15) is 11.6 Å². The number of imidazole rings is 1. The number of aromatic hydroxyl groups is 1. The highest BCUT2D eigenvalue weighted by atomic mass is 16.3. The summed E-state index contributed by atoms with van der Waals surface area (Å²) >= 11 is 0. The van der Waals surface area contributed by atoms with E-state index in [-0.39, 0.29) is 16.7 Å². The Balaban J connectivity index is 1.34. The summed E-state index contributed by atoms with van der Waals surface area (Å²) in [4.78, 5) is 10.1. The molecule has 6 aromatic carbocycles. The number of hydrogen-bond acceptors (Lipinski definition) is 3. The van der Waals surface area contributed by atoms with Crippen molar-refractivity contribution in [3.8, 4) is 67.5 Å². The molecule has 0 spiro atoms. The second-order valence-electron chi connectivity index (χ2n) is 15.1. The molecule has 0 saturated heterocycles. The highest BCUT2D eigenvalue weighted by Crippen LogP contribution is 2.41. The number of fused-ring (bicyclic) bond motifs is 1. The van der Waals surface area contributed by atoms with E-state index in [1.54, 1.807) is 24.3 Å². The average molecular weight is 708 g/mol. The van der Waals surface area contributed by atoms with Crippen LogP contribution in [0.25, 0.3) is 72.7 Å². The summed E-state index contributed by atoms with van der Waals surface area (Å²) in [5.74, 6) is -0.213. The van der Waals surface area contributed by atoms with E-state index in [1.807, 2.05) is 110 Å². The summed E-state index contributed by atoms with van der Waals surface area (Å²) in [7, 11) is 0. The Morgan fingerprint density at radius 3 is 2.07 bits per heavy atom. The lowest BCUT2D eigenvalue weighted by atomic mass is 9.83. The first-order chi connectivity index (χ1) is 27.6. The van der Waals surface area contributed by atoms with Gasteiger partial charge in [0, 0.05) is 22.8 Å². The van der Waals surface area contributed by atoms with Crippen LogP contribution < -0.4 is 0 Å². The van der Waals surface area contributed by atoms with Crippen molar-refractivity contribution in [3.63, 3.8) is 0 Å². The molecule has 0 amide bonds. The van der Waals surface area contributed by atoms with E-state index in [0.717, 1.165) is 55.8 Å². The summed E-state index contributed by atoms with van der Waals surface area (Å²) in [5.41, 5.74) is 11.7. The highest BCUT2D eigenvalue weighted by molar-refractivity contribution is 5.97. The molecule has 4 heteroatoms. The molecule has 4 nitrogen and oxygen atoms in total. The van der Waals surface area contributed by atoms with Gasteiger partial charge in [-0.1, -0.05) is 126 Å². The molecule has 2 aromatic heterocycles. The Morgan fingerprint density at radius 2 is 1.33 bits per heavy atom. The van der Waals surface area contributed by atoms with Crippen molar-refractivity contribution in [3.05, 3.63) is 168 Å². The van der Waals surface area contributed by atoms with E-state index in [1.165, 1.54) is 0 Å². The summed E-state index contributed by atoms with van der Waals surface area (Å²) in [6.07, 6.45) is 1.84. The van der Waals surface area contributed by atoms with Gasteiger partial charge in [-0.25, -0.2) is 4.98 Å².